The summed E-state index contributed by atoms with van der Waals surface area (Å²) >= 11 is 1.28. The molecule has 0 saturated heterocycles. The topological polar surface area (TPSA) is 103 Å². The molecular weight excluding hydrogens is 418 g/mol. The van der Waals surface area contributed by atoms with E-state index in [4.69, 9.17) is 14.2 Å². The molecule has 0 radical (unpaired) electrons. The van der Waals surface area contributed by atoms with Crippen LogP contribution in [0.5, 0.6) is 28.7 Å². The molecule has 0 bridgehead atoms. The first kappa shape index (κ1) is 20.4. The van der Waals surface area contributed by atoms with Crippen LogP contribution in [0.1, 0.15) is 17.4 Å². The van der Waals surface area contributed by atoms with Crippen molar-refractivity contribution in [3.63, 3.8) is 0 Å². The molecule has 8 nitrogen and oxygen atoms in total. The zero-order valence-corrected chi connectivity index (χ0v) is 17.6. The number of anilines is 1. The van der Waals surface area contributed by atoms with Gasteiger partial charge in [0.2, 0.25) is 0 Å². The van der Waals surface area contributed by atoms with Crippen LogP contribution >= 0.6 is 11.3 Å². The molecule has 2 aromatic carbocycles. The van der Waals surface area contributed by atoms with Crippen LogP contribution in [-0.4, -0.2) is 34.7 Å². The second kappa shape index (κ2) is 8.88. The highest BCUT2D eigenvalue weighted by atomic mass is 32.1. The minimum Gasteiger partial charge on any atom is -0.503 e. The van der Waals surface area contributed by atoms with Gasteiger partial charge in [0.05, 0.1) is 23.9 Å². The summed E-state index contributed by atoms with van der Waals surface area (Å²) in [6, 6.07) is 14.3. The van der Waals surface area contributed by atoms with E-state index in [9.17, 15) is 9.90 Å². The van der Waals surface area contributed by atoms with Crippen molar-refractivity contribution < 1.29 is 24.1 Å². The van der Waals surface area contributed by atoms with Crippen molar-refractivity contribution >= 4 is 32.6 Å². The van der Waals surface area contributed by atoms with Crippen molar-refractivity contribution in [2.75, 3.05) is 19.0 Å². The maximum Gasteiger partial charge on any atom is 0.280 e. The number of nitrogens with one attached hydrogen (secondary N) is 1. The van der Waals surface area contributed by atoms with Crippen molar-refractivity contribution in [3.8, 4) is 28.7 Å². The third-order valence-electron chi connectivity index (χ3n) is 4.28. The average Bonchev–Trinajstić information content (AvgIpc) is 3.17. The van der Waals surface area contributed by atoms with Gasteiger partial charge in [-0.15, -0.1) is 0 Å². The highest BCUT2D eigenvalue weighted by Crippen LogP contribution is 2.35. The maximum absolute atomic E-state index is 12.5. The summed E-state index contributed by atoms with van der Waals surface area (Å²) < 4.78 is 17.4. The lowest BCUT2D eigenvalue weighted by atomic mass is 10.3. The van der Waals surface area contributed by atoms with Crippen molar-refractivity contribution in [1.82, 2.24) is 9.97 Å². The summed E-state index contributed by atoms with van der Waals surface area (Å²) in [5.74, 6) is 1.14. The number of amides is 1. The van der Waals surface area contributed by atoms with E-state index in [1.54, 1.807) is 12.1 Å². The number of carbonyl (C=O) groups is 1. The molecule has 31 heavy (non-hydrogen) atoms. The van der Waals surface area contributed by atoms with Gasteiger partial charge in [-0.3, -0.25) is 10.1 Å². The Bertz CT molecular complexity index is 1240. The third kappa shape index (κ3) is 4.36. The summed E-state index contributed by atoms with van der Waals surface area (Å²) in [7, 11) is 1.40. The van der Waals surface area contributed by atoms with E-state index in [2.05, 4.69) is 15.3 Å². The number of rotatable bonds is 7. The number of methoxy groups -OCH3 is 1. The molecule has 0 aliphatic carbocycles. The van der Waals surface area contributed by atoms with E-state index in [1.807, 2.05) is 37.3 Å². The SMILES string of the molecule is CCOc1ccccc1Oc1ccc2nc(NC(=O)c3nccc(OC)c3O)sc2c1. The molecule has 2 heterocycles. The summed E-state index contributed by atoms with van der Waals surface area (Å²) in [5, 5.41) is 13.2. The zero-order chi connectivity index (χ0) is 21.8. The zero-order valence-electron chi connectivity index (χ0n) is 16.8. The summed E-state index contributed by atoms with van der Waals surface area (Å²) in [4.78, 5) is 20.9. The van der Waals surface area contributed by atoms with E-state index in [1.165, 1.54) is 30.7 Å². The first-order chi connectivity index (χ1) is 15.1. The number of para-hydroxylation sites is 2. The molecule has 0 saturated carbocycles. The number of hydrogen-bond acceptors (Lipinski definition) is 8. The van der Waals surface area contributed by atoms with Gasteiger partial charge in [0.25, 0.3) is 5.91 Å². The van der Waals surface area contributed by atoms with Gasteiger partial charge in [-0.1, -0.05) is 23.5 Å². The molecule has 4 aromatic rings. The van der Waals surface area contributed by atoms with E-state index >= 15 is 0 Å². The average molecular weight is 437 g/mol. The summed E-state index contributed by atoms with van der Waals surface area (Å²) in [5.41, 5.74) is 0.559. The summed E-state index contributed by atoms with van der Waals surface area (Å²) in [6.07, 6.45) is 1.38. The first-order valence-electron chi connectivity index (χ1n) is 9.42. The molecule has 1 amide bonds. The van der Waals surface area contributed by atoms with E-state index < -0.39 is 5.91 Å². The predicted octanol–water partition coefficient (Wildman–Crippen LogP) is 4.85. The van der Waals surface area contributed by atoms with Gasteiger partial charge in [-0.05, 0) is 31.2 Å². The molecule has 2 N–H and O–H groups in total. The smallest absolute Gasteiger partial charge is 0.280 e. The number of aromatic nitrogens is 2. The quantitative estimate of drug-likeness (QED) is 0.426. The molecule has 0 aliphatic heterocycles. The monoisotopic (exact) mass is 437 g/mol. The van der Waals surface area contributed by atoms with Crippen molar-refractivity contribution in [3.05, 3.63) is 60.4 Å². The number of carbonyl (C=O) groups excluding carboxylic acids is 1. The van der Waals surface area contributed by atoms with Crippen molar-refractivity contribution in [1.29, 1.82) is 0 Å². The Morgan fingerprint density at radius 2 is 1.94 bits per heavy atom. The van der Waals surface area contributed by atoms with Crippen LogP contribution in [-0.2, 0) is 0 Å². The van der Waals surface area contributed by atoms with Gasteiger partial charge in [0.15, 0.2) is 33.8 Å². The van der Waals surface area contributed by atoms with Crippen LogP contribution in [0.25, 0.3) is 10.2 Å². The normalized spacial score (nSPS) is 10.6. The van der Waals surface area contributed by atoms with Crippen LogP contribution in [0.4, 0.5) is 5.13 Å². The molecular formula is C22H19N3O5S. The Hall–Kier alpha value is -3.85. The van der Waals surface area contributed by atoms with E-state index in [0.29, 0.717) is 34.5 Å². The minimum absolute atomic E-state index is 0.143. The van der Waals surface area contributed by atoms with Gasteiger partial charge in [0.1, 0.15) is 5.75 Å². The van der Waals surface area contributed by atoms with Crippen molar-refractivity contribution in [2.45, 2.75) is 6.92 Å². The molecule has 4 rings (SSSR count). The number of fused-ring (bicyclic) bond motifs is 1. The number of benzene rings is 2. The maximum atomic E-state index is 12.5. The molecule has 2 aromatic heterocycles. The second-order valence-electron chi connectivity index (χ2n) is 6.29. The van der Waals surface area contributed by atoms with Crippen molar-refractivity contribution in [2.24, 2.45) is 0 Å². The van der Waals surface area contributed by atoms with E-state index in [0.717, 1.165) is 4.70 Å². The molecule has 0 unspecified atom stereocenters. The van der Waals surface area contributed by atoms with Gasteiger partial charge >= 0.3 is 0 Å². The minimum atomic E-state index is -0.586. The van der Waals surface area contributed by atoms with Crippen LogP contribution in [0.3, 0.4) is 0 Å². The number of thiazole rings is 1. The second-order valence-corrected chi connectivity index (χ2v) is 7.33. The van der Waals surface area contributed by atoms with Gasteiger partial charge in [-0.25, -0.2) is 9.97 Å². The fourth-order valence-electron chi connectivity index (χ4n) is 2.88. The third-order valence-corrected chi connectivity index (χ3v) is 5.21. The number of ether oxygens (including phenoxy) is 3. The molecule has 9 heteroatoms. The fraction of sp³-hybridized carbons (Fsp3) is 0.136. The largest absolute Gasteiger partial charge is 0.503 e. The van der Waals surface area contributed by atoms with Crippen LogP contribution in [0.2, 0.25) is 0 Å². The molecule has 0 spiro atoms. The highest BCUT2D eigenvalue weighted by molar-refractivity contribution is 7.22. The number of hydrogen-bond donors (Lipinski definition) is 2. The lowest BCUT2D eigenvalue weighted by Gasteiger charge is -2.11. The molecule has 0 fully saturated rings. The Balaban J connectivity index is 1.55. The lowest BCUT2D eigenvalue weighted by Crippen LogP contribution is -2.13. The van der Waals surface area contributed by atoms with Crippen LogP contribution < -0.4 is 19.5 Å². The fourth-order valence-corrected chi connectivity index (χ4v) is 3.77. The molecule has 158 valence electrons. The Morgan fingerprint density at radius 3 is 2.71 bits per heavy atom. The number of aromatic hydroxyl groups is 1. The Labute approximate surface area is 182 Å². The number of nitrogens with zero attached hydrogens (tertiary/aromatic N) is 2. The Kier molecular flexibility index (Phi) is 5.85. The van der Waals surface area contributed by atoms with Crippen LogP contribution in [0.15, 0.2) is 54.7 Å². The van der Waals surface area contributed by atoms with Gasteiger partial charge < -0.3 is 19.3 Å². The molecule has 0 atom stereocenters. The van der Waals surface area contributed by atoms with Gasteiger partial charge in [0, 0.05) is 18.3 Å². The van der Waals surface area contributed by atoms with E-state index in [-0.39, 0.29) is 17.2 Å². The lowest BCUT2D eigenvalue weighted by molar-refractivity contribution is 0.101. The Morgan fingerprint density at radius 1 is 1.13 bits per heavy atom. The van der Waals surface area contributed by atoms with Gasteiger partial charge in [-0.2, -0.15) is 0 Å². The predicted molar refractivity (Wildman–Crippen MR) is 118 cm³/mol. The highest BCUT2D eigenvalue weighted by Gasteiger charge is 2.18. The van der Waals surface area contributed by atoms with Crippen LogP contribution in [0, 0.1) is 0 Å². The number of pyridine rings is 1. The first-order valence-corrected chi connectivity index (χ1v) is 10.2. The summed E-state index contributed by atoms with van der Waals surface area (Å²) in [6.45, 7) is 2.45. The molecule has 0 aliphatic rings. The standard InChI is InChI=1S/C22H19N3O5S/c1-3-29-15-6-4-5-7-16(15)30-13-8-9-14-18(12-13)31-22(24-14)25-21(27)19-20(26)17(28-2)10-11-23-19/h4-12,26H,3H2,1-2H3,(H,24,25,27).